The number of nitrogens with zero attached hydrogens (tertiary/aromatic N) is 1. The maximum Gasteiger partial charge on any atom is 0.407 e. The highest BCUT2D eigenvalue weighted by Gasteiger charge is 2.13. The Balaban J connectivity index is 2.33. The summed E-state index contributed by atoms with van der Waals surface area (Å²) in [6.07, 6.45) is -0.485. The van der Waals surface area contributed by atoms with E-state index in [0.717, 1.165) is 0 Å². The molecule has 0 aromatic heterocycles. The Morgan fingerprint density at radius 3 is 2.70 bits per heavy atom. The number of rotatable bonds is 7. The number of amides is 3. The molecule has 1 aromatic carbocycles. The zero-order chi connectivity index (χ0) is 17.2. The van der Waals surface area contributed by atoms with E-state index in [1.807, 2.05) is 0 Å². The number of ether oxygens (including phenoxy) is 1. The van der Waals surface area contributed by atoms with Crippen molar-refractivity contribution in [1.82, 2.24) is 10.2 Å². The van der Waals surface area contributed by atoms with Crippen LogP contribution < -0.4 is 10.6 Å². The zero-order valence-corrected chi connectivity index (χ0v) is 13.9. The summed E-state index contributed by atoms with van der Waals surface area (Å²) < 4.78 is 4.67. The number of halogens is 1. The second kappa shape index (κ2) is 9.68. The number of anilines is 1. The van der Waals surface area contributed by atoms with Crippen LogP contribution in [0.15, 0.2) is 24.3 Å². The summed E-state index contributed by atoms with van der Waals surface area (Å²) in [6.45, 7) is 2.02. The fourth-order valence-electron chi connectivity index (χ4n) is 1.71. The predicted molar refractivity (Wildman–Crippen MR) is 87.4 cm³/mol. The molecule has 0 saturated carbocycles. The predicted octanol–water partition coefficient (Wildman–Crippen LogP) is 1.87. The van der Waals surface area contributed by atoms with E-state index >= 15 is 0 Å². The lowest BCUT2D eigenvalue weighted by atomic mass is 10.3. The van der Waals surface area contributed by atoms with Crippen molar-refractivity contribution in [1.29, 1.82) is 0 Å². The number of hydrogen-bond donors (Lipinski definition) is 2. The Kier molecular flexibility index (Phi) is 7.90. The van der Waals surface area contributed by atoms with Gasteiger partial charge in [-0.3, -0.25) is 9.59 Å². The fraction of sp³-hybridized carbons (Fsp3) is 0.400. The summed E-state index contributed by atoms with van der Waals surface area (Å²) in [5, 5.41) is 5.61. The van der Waals surface area contributed by atoms with Gasteiger partial charge >= 0.3 is 6.09 Å². The molecule has 0 aliphatic rings. The maximum atomic E-state index is 11.9. The average Bonchev–Trinajstić information content (AvgIpc) is 2.47. The van der Waals surface area contributed by atoms with E-state index in [2.05, 4.69) is 15.4 Å². The van der Waals surface area contributed by atoms with Crippen LogP contribution in [0.2, 0.25) is 5.02 Å². The topological polar surface area (TPSA) is 87.7 Å². The number of alkyl carbamates (subject to hydrolysis) is 1. The lowest BCUT2D eigenvalue weighted by Crippen LogP contribution is -2.37. The molecule has 3 amide bonds. The van der Waals surface area contributed by atoms with Gasteiger partial charge in [0.1, 0.15) is 0 Å². The Bertz CT molecular complexity index is 565. The van der Waals surface area contributed by atoms with Crippen molar-refractivity contribution in [3.05, 3.63) is 29.3 Å². The van der Waals surface area contributed by atoms with E-state index < -0.39 is 6.09 Å². The van der Waals surface area contributed by atoms with Crippen LogP contribution >= 0.6 is 11.6 Å². The maximum absolute atomic E-state index is 11.9. The number of hydrogen-bond acceptors (Lipinski definition) is 4. The SMILES string of the molecule is CCOC(=O)NCCC(=O)N(C)CC(=O)Nc1cccc(Cl)c1. The second-order valence-electron chi connectivity index (χ2n) is 4.71. The van der Waals surface area contributed by atoms with Crippen molar-refractivity contribution in [2.45, 2.75) is 13.3 Å². The molecule has 0 unspecified atom stereocenters. The zero-order valence-electron chi connectivity index (χ0n) is 13.1. The molecule has 0 spiro atoms. The largest absolute Gasteiger partial charge is 0.450 e. The molecule has 8 heteroatoms. The molecule has 0 aliphatic carbocycles. The third kappa shape index (κ3) is 7.51. The lowest BCUT2D eigenvalue weighted by molar-refractivity contribution is -0.133. The Morgan fingerprint density at radius 2 is 2.04 bits per heavy atom. The molecule has 23 heavy (non-hydrogen) atoms. The van der Waals surface area contributed by atoms with Gasteiger partial charge in [0, 0.05) is 30.7 Å². The molecule has 0 fully saturated rings. The highest BCUT2D eigenvalue weighted by atomic mass is 35.5. The Labute approximate surface area is 139 Å². The van der Waals surface area contributed by atoms with Crippen molar-refractivity contribution >= 4 is 35.2 Å². The molecule has 0 aliphatic heterocycles. The van der Waals surface area contributed by atoms with Crippen LogP contribution in [-0.2, 0) is 14.3 Å². The van der Waals surface area contributed by atoms with Crippen LogP contribution in [0.4, 0.5) is 10.5 Å². The smallest absolute Gasteiger partial charge is 0.407 e. The minimum Gasteiger partial charge on any atom is -0.450 e. The Morgan fingerprint density at radius 1 is 1.30 bits per heavy atom. The molecule has 0 atom stereocenters. The van der Waals surface area contributed by atoms with Crippen LogP contribution in [0, 0.1) is 0 Å². The summed E-state index contributed by atoms with van der Waals surface area (Å²) in [5.74, 6) is -0.593. The molecule has 1 aromatic rings. The summed E-state index contributed by atoms with van der Waals surface area (Å²) in [6, 6.07) is 6.73. The van der Waals surface area contributed by atoms with Gasteiger partial charge in [-0.05, 0) is 25.1 Å². The van der Waals surface area contributed by atoms with E-state index in [-0.39, 0.29) is 37.9 Å². The van der Waals surface area contributed by atoms with E-state index in [1.165, 1.54) is 11.9 Å². The summed E-state index contributed by atoms with van der Waals surface area (Å²) >= 11 is 5.83. The van der Waals surface area contributed by atoms with E-state index in [0.29, 0.717) is 10.7 Å². The number of likely N-dealkylation sites (N-methyl/N-ethyl adjacent to an activating group) is 1. The van der Waals surface area contributed by atoms with Crippen molar-refractivity contribution in [2.24, 2.45) is 0 Å². The second-order valence-corrected chi connectivity index (χ2v) is 5.14. The van der Waals surface area contributed by atoms with Gasteiger partial charge in [-0.1, -0.05) is 17.7 Å². The van der Waals surface area contributed by atoms with Gasteiger partial charge in [0.25, 0.3) is 0 Å². The minimum absolute atomic E-state index is 0.0831. The lowest BCUT2D eigenvalue weighted by Gasteiger charge is -2.17. The molecule has 1 rings (SSSR count). The van der Waals surface area contributed by atoms with Crippen LogP contribution in [0.3, 0.4) is 0 Å². The number of nitrogens with one attached hydrogen (secondary N) is 2. The van der Waals surface area contributed by atoms with Gasteiger partial charge in [-0.2, -0.15) is 0 Å². The molecule has 7 nitrogen and oxygen atoms in total. The number of carbonyl (C=O) groups excluding carboxylic acids is 3. The van der Waals surface area contributed by atoms with Crippen molar-refractivity contribution < 1.29 is 19.1 Å². The minimum atomic E-state index is -0.568. The summed E-state index contributed by atoms with van der Waals surface area (Å²) in [4.78, 5) is 36.1. The first-order chi connectivity index (χ1) is 10.9. The molecule has 2 N–H and O–H groups in total. The Hall–Kier alpha value is -2.28. The van der Waals surface area contributed by atoms with Gasteiger partial charge < -0.3 is 20.3 Å². The summed E-state index contributed by atoms with van der Waals surface area (Å²) in [7, 11) is 1.52. The molecule has 0 bridgehead atoms. The van der Waals surface area contributed by atoms with Gasteiger partial charge in [0.05, 0.1) is 13.2 Å². The van der Waals surface area contributed by atoms with Gasteiger partial charge in [-0.25, -0.2) is 4.79 Å². The normalized spacial score (nSPS) is 9.87. The van der Waals surface area contributed by atoms with Crippen molar-refractivity contribution in [3.63, 3.8) is 0 Å². The van der Waals surface area contributed by atoms with Crippen molar-refractivity contribution in [2.75, 3.05) is 32.1 Å². The monoisotopic (exact) mass is 341 g/mol. The molecule has 0 heterocycles. The first kappa shape index (κ1) is 18.8. The average molecular weight is 342 g/mol. The summed E-state index contributed by atoms with van der Waals surface area (Å²) in [5.41, 5.74) is 0.562. The van der Waals surface area contributed by atoms with E-state index in [4.69, 9.17) is 11.6 Å². The third-order valence-electron chi connectivity index (χ3n) is 2.80. The molecular weight excluding hydrogens is 322 g/mol. The van der Waals surface area contributed by atoms with Crippen molar-refractivity contribution in [3.8, 4) is 0 Å². The first-order valence-corrected chi connectivity index (χ1v) is 7.50. The number of carbonyl (C=O) groups is 3. The van der Waals surface area contributed by atoms with Crippen LogP contribution in [0.5, 0.6) is 0 Å². The molecule has 126 valence electrons. The van der Waals surface area contributed by atoms with Crippen LogP contribution in [-0.4, -0.2) is 49.6 Å². The highest BCUT2D eigenvalue weighted by molar-refractivity contribution is 6.30. The van der Waals surface area contributed by atoms with Gasteiger partial charge in [-0.15, -0.1) is 0 Å². The van der Waals surface area contributed by atoms with E-state index in [9.17, 15) is 14.4 Å². The quantitative estimate of drug-likeness (QED) is 0.792. The standard InChI is InChI=1S/C15H20ClN3O4/c1-3-23-15(22)17-8-7-14(21)19(2)10-13(20)18-12-6-4-5-11(16)9-12/h4-6,9H,3,7-8,10H2,1-2H3,(H,17,22)(H,18,20). The fourth-order valence-corrected chi connectivity index (χ4v) is 1.91. The third-order valence-corrected chi connectivity index (χ3v) is 3.03. The molecular formula is C15H20ClN3O4. The molecule has 0 radical (unpaired) electrons. The van der Waals surface area contributed by atoms with Crippen LogP contribution in [0.25, 0.3) is 0 Å². The van der Waals surface area contributed by atoms with Crippen LogP contribution in [0.1, 0.15) is 13.3 Å². The first-order valence-electron chi connectivity index (χ1n) is 7.12. The van der Waals surface area contributed by atoms with Gasteiger partial charge in [0.2, 0.25) is 11.8 Å². The molecule has 0 saturated heterocycles. The number of benzene rings is 1. The highest BCUT2D eigenvalue weighted by Crippen LogP contribution is 2.14. The van der Waals surface area contributed by atoms with E-state index in [1.54, 1.807) is 31.2 Å². The van der Waals surface area contributed by atoms with Gasteiger partial charge in [0.15, 0.2) is 0 Å².